The monoisotopic (exact) mass is 373 g/mol. The number of halogens is 1. The van der Waals surface area contributed by atoms with E-state index in [0.717, 1.165) is 49.3 Å². The molecule has 0 radical (unpaired) electrons. The fraction of sp³-hybridized carbons (Fsp3) is 0.714. The molecule has 1 aromatic rings. The van der Waals surface area contributed by atoms with Gasteiger partial charge in [0.2, 0.25) is 0 Å². The van der Waals surface area contributed by atoms with Gasteiger partial charge in [0.25, 0.3) is 0 Å². The van der Waals surface area contributed by atoms with Crippen LogP contribution in [-0.4, -0.2) is 56.8 Å². The zero-order chi connectivity index (χ0) is 15.6. The number of nitrogens with two attached hydrogens (primary N) is 1. The number of hydrogen-bond acceptors (Lipinski definition) is 4. The lowest BCUT2D eigenvalue weighted by molar-refractivity contribution is 0.110. The van der Waals surface area contributed by atoms with Gasteiger partial charge in [-0.2, -0.15) is 5.10 Å². The topological polar surface area (TPSA) is 50.3 Å². The molecular weight excluding hydrogens is 350 g/mol. The number of hydrogen-bond donors (Lipinski definition) is 1. The van der Waals surface area contributed by atoms with Crippen LogP contribution in [-0.2, 0) is 13.6 Å². The summed E-state index contributed by atoms with van der Waals surface area (Å²) >= 11 is 8.81. The van der Waals surface area contributed by atoms with Crippen molar-refractivity contribution in [1.82, 2.24) is 19.6 Å². The molecule has 1 atom stereocenters. The minimum Gasteiger partial charge on any atom is -0.392 e. The van der Waals surface area contributed by atoms with Crippen LogP contribution in [0, 0.1) is 6.92 Å². The quantitative estimate of drug-likeness (QED) is 0.795. The predicted octanol–water partition coefficient (Wildman–Crippen LogP) is 1.67. The normalized spacial score (nSPS) is 18.9. The van der Waals surface area contributed by atoms with Crippen LogP contribution in [0.5, 0.6) is 0 Å². The first kappa shape index (κ1) is 16.9. The van der Waals surface area contributed by atoms with Gasteiger partial charge in [-0.1, -0.05) is 19.1 Å². The molecule has 5 nitrogen and oxygen atoms in total. The van der Waals surface area contributed by atoms with Crippen molar-refractivity contribution in [3.63, 3.8) is 0 Å². The van der Waals surface area contributed by atoms with Crippen LogP contribution in [0.2, 0.25) is 0 Å². The van der Waals surface area contributed by atoms with Crippen LogP contribution in [0.25, 0.3) is 0 Å². The number of aromatic nitrogens is 2. The molecule has 1 aromatic heterocycles. The lowest BCUT2D eigenvalue weighted by Gasteiger charge is -2.38. The van der Waals surface area contributed by atoms with E-state index < -0.39 is 0 Å². The molecule has 0 bridgehead atoms. The molecule has 0 aliphatic carbocycles. The Labute approximate surface area is 140 Å². The van der Waals surface area contributed by atoms with Gasteiger partial charge in [0.1, 0.15) is 0 Å². The van der Waals surface area contributed by atoms with Gasteiger partial charge in [0.15, 0.2) is 0 Å². The van der Waals surface area contributed by atoms with E-state index in [1.807, 2.05) is 18.7 Å². The summed E-state index contributed by atoms with van der Waals surface area (Å²) in [6.45, 7) is 9.21. The Morgan fingerprint density at radius 1 is 1.38 bits per heavy atom. The van der Waals surface area contributed by atoms with E-state index in [1.165, 1.54) is 5.69 Å². The molecule has 1 aliphatic heterocycles. The summed E-state index contributed by atoms with van der Waals surface area (Å²) in [4.78, 5) is 5.49. The summed E-state index contributed by atoms with van der Waals surface area (Å²) in [5.41, 5.74) is 8.12. The maximum Gasteiger partial charge on any atom is 0.0901 e. The standard InChI is InChI=1S/C14H24BrN5S/c1-4-11(14(16)21)20-7-5-19(6-8-20)9-12-13(15)10(2)17-18(12)3/h11H,4-9H2,1-3H3,(H2,16,21). The van der Waals surface area contributed by atoms with Crippen LogP contribution >= 0.6 is 28.1 Å². The second-order valence-corrected chi connectivity index (χ2v) is 6.87. The number of rotatable bonds is 5. The molecule has 7 heteroatoms. The molecule has 1 unspecified atom stereocenters. The number of thiocarbonyl (C=S) groups is 1. The van der Waals surface area contributed by atoms with E-state index >= 15 is 0 Å². The highest BCUT2D eigenvalue weighted by atomic mass is 79.9. The molecule has 0 spiro atoms. The van der Waals surface area contributed by atoms with Gasteiger partial charge in [-0.3, -0.25) is 14.5 Å². The summed E-state index contributed by atoms with van der Waals surface area (Å²) in [6, 6.07) is 0.243. The molecule has 118 valence electrons. The van der Waals surface area contributed by atoms with E-state index in [1.54, 1.807) is 0 Å². The van der Waals surface area contributed by atoms with Crippen molar-refractivity contribution < 1.29 is 0 Å². The van der Waals surface area contributed by atoms with E-state index in [-0.39, 0.29) is 6.04 Å². The first-order valence-corrected chi connectivity index (χ1v) is 8.57. The van der Waals surface area contributed by atoms with Crippen molar-refractivity contribution in [2.75, 3.05) is 26.2 Å². The molecule has 1 fully saturated rings. The zero-order valence-corrected chi connectivity index (χ0v) is 15.4. The van der Waals surface area contributed by atoms with Gasteiger partial charge < -0.3 is 5.73 Å². The molecule has 21 heavy (non-hydrogen) atoms. The lowest BCUT2D eigenvalue weighted by Crippen LogP contribution is -2.53. The van der Waals surface area contributed by atoms with E-state index in [4.69, 9.17) is 18.0 Å². The van der Waals surface area contributed by atoms with Gasteiger partial charge in [-0.15, -0.1) is 0 Å². The maximum absolute atomic E-state index is 5.84. The second-order valence-electron chi connectivity index (χ2n) is 5.61. The Kier molecular flexibility index (Phi) is 5.76. The number of aryl methyl sites for hydroxylation is 2. The Balaban J connectivity index is 1.94. The third-order valence-corrected chi connectivity index (χ3v) is 5.50. The summed E-state index contributed by atoms with van der Waals surface area (Å²) in [7, 11) is 2.00. The highest BCUT2D eigenvalue weighted by Gasteiger charge is 2.25. The molecular formula is C14H24BrN5S. The first-order chi connectivity index (χ1) is 9.93. The third-order valence-electron chi connectivity index (χ3n) is 4.20. The molecule has 0 aromatic carbocycles. The molecule has 0 saturated carbocycles. The number of nitrogens with zero attached hydrogens (tertiary/aromatic N) is 4. The minimum absolute atomic E-state index is 0.243. The van der Waals surface area contributed by atoms with Crippen LogP contribution in [0.3, 0.4) is 0 Å². The Morgan fingerprint density at radius 2 is 2.00 bits per heavy atom. The van der Waals surface area contributed by atoms with Crippen molar-refractivity contribution >= 4 is 33.1 Å². The third kappa shape index (κ3) is 3.83. The fourth-order valence-corrected chi connectivity index (χ4v) is 3.71. The highest BCUT2D eigenvalue weighted by Crippen LogP contribution is 2.22. The predicted molar refractivity (Wildman–Crippen MR) is 93.4 cm³/mol. The average Bonchev–Trinajstić information content (AvgIpc) is 2.67. The van der Waals surface area contributed by atoms with E-state index in [9.17, 15) is 0 Å². The van der Waals surface area contributed by atoms with Crippen molar-refractivity contribution in [2.45, 2.75) is 32.9 Å². The first-order valence-electron chi connectivity index (χ1n) is 7.37. The molecule has 2 N–H and O–H groups in total. The molecule has 0 amide bonds. The van der Waals surface area contributed by atoms with Crippen LogP contribution in [0.4, 0.5) is 0 Å². The van der Waals surface area contributed by atoms with Gasteiger partial charge in [-0.25, -0.2) is 0 Å². The van der Waals surface area contributed by atoms with Crippen molar-refractivity contribution in [3.05, 3.63) is 15.9 Å². The summed E-state index contributed by atoms with van der Waals surface area (Å²) in [5.74, 6) is 0. The van der Waals surface area contributed by atoms with Gasteiger partial charge >= 0.3 is 0 Å². The van der Waals surface area contributed by atoms with Crippen molar-refractivity contribution in [2.24, 2.45) is 12.8 Å². The molecule has 1 saturated heterocycles. The minimum atomic E-state index is 0.243. The second kappa shape index (κ2) is 7.17. The van der Waals surface area contributed by atoms with E-state index in [0.29, 0.717) is 4.99 Å². The Hall–Kier alpha value is -0.500. The van der Waals surface area contributed by atoms with Crippen LogP contribution in [0.15, 0.2) is 4.47 Å². The van der Waals surface area contributed by atoms with E-state index in [2.05, 4.69) is 37.8 Å². The summed E-state index contributed by atoms with van der Waals surface area (Å²) < 4.78 is 3.09. The Morgan fingerprint density at radius 3 is 2.43 bits per heavy atom. The summed E-state index contributed by atoms with van der Waals surface area (Å²) in [5, 5.41) is 4.45. The smallest absolute Gasteiger partial charge is 0.0901 e. The van der Waals surface area contributed by atoms with Gasteiger partial charge in [0, 0.05) is 39.8 Å². The van der Waals surface area contributed by atoms with Crippen molar-refractivity contribution in [3.8, 4) is 0 Å². The SMILES string of the molecule is CCC(C(N)=S)N1CCN(Cc2c(Br)c(C)nn2C)CC1. The Bertz CT molecular complexity index is 508. The van der Waals surface area contributed by atoms with Gasteiger partial charge in [0.05, 0.1) is 26.9 Å². The van der Waals surface area contributed by atoms with Crippen LogP contribution < -0.4 is 5.73 Å². The van der Waals surface area contributed by atoms with Crippen molar-refractivity contribution in [1.29, 1.82) is 0 Å². The fourth-order valence-electron chi connectivity index (χ4n) is 2.94. The van der Waals surface area contributed by atoms with Gasteiger partial charge in [-0.05, 0) is 29.3 Å². The zero-order valence-electron chi connectivity index (χ0n) is 13.0. The highest BCUT2D eigenvalue weighted by molar-refractivity contribution is 9.10. The largest absolute Gasteiger partial charge is 0.392 e. The van der Waals surface area contributed by atoms with Crippen LogP contribution in [0.1, 0.15) is 24.7 Å². The lowest BCUT2D eigenvalue weighted by atomic mass is 10.1. The molecule has 2 rings (SSSR count). The average molecular weight is 374 g/mol. The molecule has 1 aliphatic rings. The maximum atomic E-state index is 5.84. The summed E-state index contributed by atoms with van der Waals surface area (Å²) in [6.07, 6.45) is 0.988. The number of piperazine rings is 1. The molecule has 2 heterocycles.